The summed E-state index contributed by atoms with van der Waals surface area (Å²) in [4.78, 5) is 17.6. The SMILES string of the molecule is CCOc1ccc([C@@H]2C(C(=O)NC)=C(C)Nc3nc4ccccc4n32)cc1OC. The van der Waals surface area contributed by atoms with Crippen molar-refractivity contribution < 1.29 is 14.3 Å². The van der Waals surface area contributed by atoms with Crippen molar-refractivity contribution in [1.29, 1.82) is 0 Å². The van der Waals surface area contributed by atoms with Crippen molar-refractivity contribution in [3.63, 3.8) is 0 Å². The number of carbonyl (C=O) groups is 1. The molecule has 1 atom stereocenters. The number of para-hydroxylation sites is 2. The van der Waals surface area contributed by atoms with Crippen molar-refractivity contribution in [3.05, 3.63) is 59.3 Å². The van der Waals surface area contributed by atoms with E-state index < -0.39 is 0 Å². The summed E-state index contributed by atoms with van der Waals surface area (Å²) in [6.07, 6.45) is 0. The number of nitrogens with one attached hydrogen (secondary N) is 2. The number of carbonyl (C=O) groups excluding carboxylic acids is 1. The molecule has 0 radical (unpaired) electrons. The Morgan fingerprint density at radius 2 is 2.03 bits per heavy atom. The fourth-order valence-electron chi connectivity index (χ4n) is 3.84. The Balaban J connectivity index is 1.96. The van der Waals surface area contributed by atoms with Crippen LogP contribution in [0.15, 0.2) is 53.7 Å². The largest absolute Gasteiger partial charge is 0.493 e. The van der Waals surface area contributed by atoms with Crippen LogP contribution in [0.4, 0.5) is 5.95 Å². The van der Waals surface area contributed by atoms with E-state index in [1.807, 2.05) is 56.3 Å². The second-order valence-corrected chi connectivity index (χ2v) is 6.78. The summed E-state index contributed by atoms with van der Waals surface area (Å²) < 4.78 is 13.3. The minimum absolute atomic E-state index is 0.142. The first-order valence-corrected chi connectivity index (χ1v) is 9.56. The molecular weight excluding hydrogens is 368 g/mol. The molecule has 2 N–H and O–H groups in total. The third-order valence-electron chi connectivity index (χ3n) is 5.11. The zero-order valence-corrected chi connectivity index (χ0v) is 16.9. The van der Waals surface area contributed by atoms with Crippen LogP contribution in [-0.4, -0.2) is 36.2 Å². The molecule has 1 aromatic heterocycles. The lowest BCUT2D eigenvalue weighted by molar-refractivity contribution is -0.117. The molecular formula is C22H24N4O3. The van der Waals surface area contributed by atoms with Crippen LogP contribution < -0.4 is 20.1 Å². The molecule has 1 aliphatic rings. The van der Waals surface area contributed by atoms with E-state index in [0.29, 0.717) is 29.6 Å². The molecule has 29 heavy (non-hydrogen) atoms. The van der Waals surface area contributed by atoms with Gasteiger partial charge in [0.2, 0.25) is 5.95 Å². The quantitative estimate of drug-likeness (QED) is 0.695. The molecule has 0 bridgehead atoms. The third kappa shape index (κ3) is 3.08. The lowest BCUT2D eigenvalue weighted by Gasteiger charge is -2.30. The minimum atomic E-state index is -0.358. The Kier molecular flexibility index (Phi) is 4.88. The summed E-state index contributed by atoms with van der Waals surface area (Å²) in [5, 5.41) is 6.06. The third-order valence-corrected chi connectivity index (χ3v) is 5.11. The van der Waals surface area contributed by atoms with Crippen LogP contribution in [-0.2, 0) is 4.79 Å². The summed E-state index contributed by atoms with van der Waals surface area (Å²) in [5.74, 6) is 1.86. The standard InChI is InChI=1S/C22H24N4O3/c1-5-29-17-11-10-14(12-18(17)28-4)20-19(21(27)23-3)13(2)24-22-25-15-8-6-7-9-16(15)26(20)22/h6-12,20H,5H2,1-4H3,(H,23,27)(H,24,25)/t20-/m1/s1. The van der Waals surface area contributed by atoms with Gasteiger partial charge in [-0.3, -0.25) is 9.36 Å². The molecule has 0 saturated carbocycles. The highest BCUT2D eigenvalue weighted by Gasteiger charge is 2.34. The highest BCUT2D eigenvalue weighted by atomic mass is 16.5. The van der Waals surface area contributed by atoms with Crippen LogP contribution in [0.5, 0.6) is 11.5 Å². The zero-order valence-electron chi connectivity index (χ0n) is 16.9. The summed E-state index contributed by atoms with van der Waals surface area (Å²) in [6, 6.07) is 13.3. The molecule has 7 nitrogen and oxygen atoms in total. The maximum Gasteiger partial charge on any atom is 0.251 e. The highest BCUT2D eigenvalue weighted by molar-refractivity contribution is 5.97. The molecule has 2 aromatic carbocycles. The van der Waals surface area contributed by atoms with Crippen LogP contribution >= 0.6 is 0 Å². The van der Waals surface area contributed by atoms with Crippen molar-refractivity contribution in [2.45, 2.75) is 19.9 Å². The number of methoxy groups -OCH3 is 1. The molecule has 7 heteroatoms. The molecule has 1 amide bonds. The molecule has 0 unspecified atom stereocenters. The smallest absolute Gasteiger partial charge is 0.251 e. The molecule has 4 rings (SSSR count). The number of ether oxygens (including phenoxy) is 2. The second kappa shape index (κ2) is 7.50. The first-order chi connectivity index (χ1) is 14.1. The number of imidazole rings is 1. The highest BCUT2D eigenvalue weighted by Crippen LogP contribution is 2.41. The monoisotopic (exact) mass is 392 g/mol. The summed E-state index contributed by atoms with van der Waals surface area (Å²) in [7, 11) is 3.25. The Morgan fingerprint density at radius 1 is 1.24 bits per heavy atom. The van der Waals surface area contributed by atoms with E-state index in [-0.39, 0.29) is 11.9 Å². The number of nitrogens with zero attached hydrogens (tertiary/aromatic N) is 2. The number of aromatic nitrogens is 2. The van der Waals surface area contributed by atoms with Gasteiger partial charge in [-0.1, -0.05) is 18.2 Å². The number of amides is 1. The molecule has 0 spiro atoms. The molecule has 1 aliphatic heterocycles. The van der Waals surface area contributed by atoms with E-state index in [2.05, 4.69) is 15.2 Å². The van der Waals surface area contributed by atoms with Gasteiger partial charge in [-0.15, -0.1) is 0 Å². The lowest BCUT2D eigenvalue weighted by atomic mass is 9.94. The van der Waals surface area contributed by atoms with Gasteiger partial charge >= 0.3 is 0 Å². The predicted molar refractivity (Wildman–Crippen MR) is 112 cm³/mol. The number of hydrogen-bond donors (Lipinski definition) is 2. The Bertz CT molecular complexity index is 1120. The van der Waals surface area contributed by atoms with Crippen LogP contribution in [0, 0.1) is 0 Å². The number of rotatable bonds is 5. The average molecular weight is 392 g/mol. The molecule has 0 fully saturated rings. The average Bonchev–Trinajstić information content (AvgIpc) is 3.10. The second-order valence-electron chi connectivity index (χ2n) is 6.78. The van der Waals surface area contributed by atoms with Crippen LogP contribution in [0.1, 0.15) is 25.5 Å². The van der Waals surface area contributed by atoms with E-state index in [9.17, 15) is 4.79 Å². The summed E-state index contributed by atoms with van der Waals surface area (Å²) in [6.45, 7) is 4.37. The van der Waals surface area contributed by atoms with Gasteiger partial charge in [0.15, 0.2) is 11.5 Å². The topological polar surface area (TPSA) is 77.4 Å². The van der Waals surface area contributed by atoms with Gasteiger partial charge < -0.3 is 20.1 Å². The van der Waals surface area contributed by atoms with Crippen molar-refractivity contribution in [1.82, 2.24) is 14.9 Å². The van der Waals surface area contributed by atoms with Gasteiger partial charge in [0.25, 0.3) is 5.91 Å². The molecule has 2 heterocycles. The maximum atomic E-state index is 12.9. The van der Waals surface area contributed by atoms with Gasteiger partial charge in [-0.25, -0.2) is 4.98 Å². The Morgan fingerprint density at radius 3 is 2.76 bits per heavy atom. The van der Waals surface area contributed by atoms with E-state index in [4.69, 9.17) is 14.5 Å². The fourth-order valence-corrected chi connectivity index (χ4v) is 3.84. The van der Waals surface area contributed by atoms with Crippen molar-refractivity contribution in [2.75, 3.05) is 26.1 Å². The number of benzene rings is 2. The first-order valence-electron chi connectivity index (χ1n) is 9.56. The van der Waals surface area contributed by atoms with Crippen LogP contribution in [0.3, 0.4) is 0 Å². The normalized spacial score (nSPS) is 15.7. The molecule has 150 valence electrons. The molecule has 0 aliphatic carbocycles. The van der Waals surface area contributed by atoms with Gasteiger partial charge in [0.1, 0.15) is 0 Å². The Hall–Kier alpha value is -3.48. The number of fused-ring (bicyclic) bond motifs is 3. The first kappa shape index (κ1) is 18.9. The molecule has 3 aromatic rings. The predicted octanol–water partition coefficient (Wildman–Crippen LogP) is 3.48. The number of anilines is 1. The van der Waals surface area contributed by atoms with Crippen LogP contribution in [0.2, 0.25) is 0 Å². The van der Waals surface area contributed by atoms with Gasteiger partial charge in [0.05, 0.1) is 36.4 Å². The summed E-state index contributed by atoms with van der Waals surface area (Å²) in [5.41, 5.74) is 4.12. The van der Waals surface area contributed by atoms with E-state index in [1.54, 1.807) is 14.2 Å². The van der Waals surface area contributed by atoms with Crippen LogP contribution in [0.25, 0.3) is 11.0 Å². The fraction of sp³-hybridized carbons (Fsp3) is 0.273. The van der Waals surface area contributed by atoms with E-state index in [1.165, 1.54) is 0 Å². The number of allylic oxidation sites excluding steroid dienone is 1. The number of likely N-dealkylation sites (N-methyl/N-ethyl adjacent to an activating group) is 1. The summed E-state index contributed by atoms with van der Waals surface area (Å²) >= 11 is 0. The van der Waals surface area contributed by atoms with Crippen molar-refractivity contribution >= 4 is 22.9 Å². The van der Waals surface area contributed by atoms with Crippen molar-refractivity contribution in [3.8, 4) is 11.5 Å². The zero-order chi connectivity index (χ0) is 20.5. The minimum Gasteiger partial charge on any atom is -0.493 e. The molecule has 0 saturated heterocycles. The van der Waals surface area contributed by atoms with E-state index >= 15 is 0 Å². The van der Waals surface area contributed by atoms with Gasteiger partial charge in [0, 0.05) is 12.7 Å². The Labute approximate surface area is 169 Å². The lowest BCUT2D eigenvalue weighted by Crippen LogP contribution is -2.33. The number of hydrogen-bond acceptors (Lipinski definition) is 5. The maximum absolute atomic E-state index is 12.9. The van der Waals surface area contributed by atoms with Crippen molar-refractivity contribution in [2.24, 2.45) is 0 Å². The van der Waals surface area contributed by atoms with Gasteiger partial charge in [-0.2, -0.15) is 0 Å². The van der Waals surface area contributed by atoms with E-state index in [0.717, 1.165) is 22.3 Å². The van der Waals surface area contributed by atoms with Gasteiger partial charge in [-0.05, 0) is 43.7 Å².